The fourth-order valence-corrected chi connectivity index (χ4v) is 3.97. The summed E-state index contributed by atoms with van der Waals surface area (Å²) in [5.41, 5.74) is 0.707. The first-order valence-electron chi connectivity index (χ1n) is 9.03. The van der Waals surface area contributed by atoms with Crippen molar-refractivity contribution in [3.8, 4) is 0 Å². The average molecular weight is 343 g/mol. The van der Waals surface area contributed by atoms with Gasteiger partial charge in [-0.2, -0.15) is 0 Å². The molecule has 0 radical (unpaired) electrons. The maximum atomic E-state index is 12.4. The van der Waals surface area contributed by atoms with Crippen LogP contribution in [0.5, 0.6) is 0 Å². The maximum absolute atomic E-state index is 12.4. The quantitative estimate of drug-likeness (QED) is 0.622. The first-order valence-corrected chi connectivity index (χ1v) is 9.03. The minimum absolute atomic E-state index is 0.133. The van der Waals surface area contributed by atoms with Gasteiger partial charge in [0.25, 0.3) is 11.8 Å². The van der Waals surface area contributed by atoms with Gasteiger partial charge in [-0.1, -0.05) is 39.3 Å². The molecular formula is C20H25NO4. The van der Waals surface area contributed by atoms with Crippen molar-refractivity contribution in [2.45, 2.75) is 46.1 Å². The molecule has 2 amide bonds. The fraction of sp³-hybridized carbons (Fsp3) is 0.550. The molecule has 0 spiro atoms. The minimum Gasteiger partial charge on any atom is -0.461 e. The van der Waals surface area contributed by atoms with E-state index in [-0.39, 0.29) is 12.6 Å². The van der Waals surface area contributed by atoms with E-state index < -0.39 is 17.8 Å². The smallest absolute Gasteiger partial charge is 0.326 e. The molecule has 5 heteroatoms. The van der Waals surface area contributed by atoms with Crippen LogP contribution in [0.1, 0.15) is 60.7 Å². The summed E-state index contributed by atoms with van der Waals surface area (Å²) in [4.78, 5) is 38.1. The molecule has 3 rings (SSSR count). The largest absolute Gasteiger partial charge is 0.461 e. The molecule has 1 aliphatic heterocycles. The van der Waals surface area contributed by atoms with E-state index in [0.717, 1.165) is 24.2 Å². The number of ether oxygens (including phenoxy) is 1. The lowest BCUT2D eigenvalue weighted by Crippen LogP contribution is -2.40. The van der Waals surface area contributed by atoms with Crippen LogP contribution >= 0.6 is 0 Å². The van der Waals surface area contributed by atoms with Crippen molar-refractivity contribution < 1.29 is 19.1 Å². The van der Waals surface area contributed by atoms with Crippen LogP contribution in [-0.2, 0) is 9.53 Å². The summed E-state index contributed by atoms with van der Waals surface area (Å²) < 4.78 is 5.71. The third-order valence-electron chi connectivity index (χ3n) is 5.41. The molecule has 25 heavy (non-hydrogen) atoms. The predicted molar refractivity (Wildman–Crippen MR) is 93.0 cm³/mol. The number of imide groups is 1. The van der Waals surface area contributed by atoms with E-state index >= 15 is 0 Å². The van der Waals surface area contributed by atoms with Crippen molar-refractivity contribution in [3.05, 3.63) is 35.4 Å². The zero-order chi connectivity index (χ0) is 18.1. The predicted octanol–water partition coefficient (Wildman–Crippen LogP) is 3.29. The zero-order valence-corrected chi connectivity index (χ0v) is 15.0. The highest BCUT2D eigenvalue weighted by Crippen LogP contribution is 2.35. The second-order valence-electron chi connectivity index (χ2n) is 7.60. The van der Waals surface area contributed by atoms with E-state index in [9.17, 15) is 14.4 Å². The Balaban J connectivity index is 1.67. The highest BCUT2D eigenvalue weighted by Gasteiger charge is 2.38. The number of amides is 2. The lowest BCUT2D eigenvalue weighted by Gasteiger charge is -2.36. The van der Waals surface area contributed by atoms with Gasteiger partial charge in [-0.05, 0) is 42.7 Å². The molecule has 0 N–H and O–H groups in total. The van der Waals surface area contributed by atoms with Crippen LogP contribution in [0.3, 0.4) is 0 Å². The maximum Gasteiger partial charge on any atom is 0.326 e. The van der Waals surface area contributed by atoms with E-state index in [1.807, 2.05) is 0 Å². The molecule has 1 fully saturated rings. The SMILES string of the molecule is CC(C)[C@H]1CC[C@@H](C)C[C@@H]1OC(=O)CN1C(=O)c2ccccc2C1=O. The summed E-state index contributed by atoms with van der Waals surface area (Å²) in [6.45, 7) is 6.14. The van der Waals surface area contributed by atoms with Crippen molar-refractivity contribution in [1.82, 2.24) is 4.90 Å². The number of carbonyl (C=O) groups is 3. The standard InChI is InChI=1S/C20H25NO4/c1-12(2)14-9-8-13(3)10-17(14)25-18(22)11-21-19(23)15-6-4-5-7-16(15)20(21)24/h4-7,12-14,17H,8-11H2,1-3H3/t13-,14-,17+/m1/s1. The Morgan fingerprint density at radius 1 is 1.16 bits per heavy atom. The highest BCUT2D eigenvalue weighted by atomic mass is 16.5. The Bertz CT molecular complexity index is 662. The Morgan fingerprint density at radius 3 is 2.32 bits per heavy atom. The van der Waals surface area contributed by atoms with Gasteiger partial charge in [-0.3, -0.25) is 19.3 Å². The molecular weight excluding hydrogens is 318 g/mol. The van der Waals surface area contributed by atoms with Gasteiger partial charge in [0, 0.05) is 0 Å². The van der Waals surface area contributed by atoms with Gasteiger partial charge in [0.15, 0.2) is 0 Å². The molecule has 0 bridgehead atoms. The first kappa shape index (κ1) is 17.6. The van der Waals surface area contributed by atoms with Crippen molar-refractivity contribution in [3.63, 3.8) is 0 Å². The number of hydrogen-bond donors (Lipinski definition) is 0. The number of rotatable bonds is 4. The molecule has 1 aliphatic carbocycles. The molecule has 0 saturated heterocycles. The second-order valence-corrected chi connectivity index (χ2v) is 7.60. The van der Waals surface area contributed by atoms with E-state index in [1.165, 1.54) is 0 Å². The van der Waals surface area contributed by atoms with Crippen LogP contribution in [0, 0.1) is 17.8 Å². The number of carbonyl (C=O) groups excluding carboxylic acids is 3. The third kappa shape index (κ3) is 3.46. The van der Waals surface area contributed by atoms with Crippen LogP contribution in [0.25, 0.3) is 0 Å². The molecule has 2 aliphatic rings. The molecule has 0 unspecified atom stereocenters. The van der Waals surface area contributed by atoms with Gasteiger partial charge in [-0.15, -0.1) is 0 Å². The fourth-order valence-electron chi connectivity index (χ4n) is 3.97. The van der Waals surface area contributed by atoms with E-state index in [4.69, 9.17) is 4.74 Å². The Kier molecular flexibility index (Phi) is 4.93. The Hall–Kier alpha value is -2.17. The summed E-state index contributed by atoms with van der Waals surface area (Å²) in [5, 5.41) is 0. The molecule has 0 aromatic heterocycles. The summed E-state index contributed by atoms with van der Waals surface area (Å²) >= 11 is 0. The number of nitrogens with zero attached hydrogens (tertiary/aromatic N) is 1. The summed E-state index contributed by atoms with van der Waals surface area (Å²) in [5.74, 6) is -0.0526. The Morgan fingerprint density at radius 2 is 1.76 bits per heavy atom. The number of fused-ring (bicyclic) bond motifs is 1. The normalized spacial score (nSPS) is 26.1. The second kappa shape index (κ2) is 6.98. The first-order chi connectivity index (χ1) is 11.9. The molecule has 1 saturated carbocycles. The zero-order valence-electron chi connectivity index (χ0n) is 15.0. The molecule has 1 heterocycles. The Labute approximate surface area is 148 Å². The molecule has 1 aromatic carbocycles. The monoisotopic (exact) mass is 343 g/mol. The van der Waals surface area contributed by atoms with E-state index in [0.29, 0.717) is 28.9 Å². The van der Waals surface area contributed by atoms with Crippen LogP contribution in [0.15, 0.2) is 24.3 Å². The lowest BCUT2D eigenvalue weighted by atomic mass is 9.75. The van der Waals surface area contributed by atoms with Gasteiger partial charge in [0.05, 0.1) is 11.1 Å². The minimum atomic E-state index is -0.501. The van der Waals surface area contributed by atoms with Crippen LogP contribution in [0.2, 0.25) is 0 Å². The van der Waals surface area contributed by atoms with Gasteiger partial charge >= 0.3 is 5.97 Å². The number of hydrogen-bond acceptors (Lipinski definition) is 4. The van der Waals surface area contributed by atoms with Crippen molar-refractivity contribution in [1.29, 1.82) is 0 Å². The van der Waals surface area contributed by atoms with Gasteiger partial charge in [0.2, 0.25) is 0 Å². The third-order valence-corrected chi connectivity index (χ3v) is 5.41. The van der Waals surface area contributed by atoms with E-state index in [1.54, 1.807) is 24.3 Å². The average Bonchev–Trinajstić information content (AvgIpc) is 2.80. The van der Waals surface area contributed by atoms with Gasteiger partial charge in [0.1, 0.15) is 12.6 Å². The molecule has 5 nitrogen and oxygen atoms in total. The lowest BCUT2D eigenvalue weighted by molar-refractivity contribution is -0.156. The van der Waals surface area contributed by atoms with Gasteiger partial charge < -0.3 is 4.74 Å². The highest BCUT2D eigenvalue weighted by molar-refractivity contribution is 6.22. The summed E-state index contributed by atoms with van der Waals surface area (Å²) in [6.07, 6.45) is 2.90. The van der Waals surface area contributed by atoms with Crippen molar-refractivity contribution >= 4 is 17.8 Å². The summed E-state index contributed by atoms with van der Waals surface area (Å²) in [7, 11) is 0. The van der Waals surface area contributed by atoms with Crippen LogP contribution < -0.4 is 0 Å². The van der Waals surface area contributed by atoms with Crippen molar-refractivity contribution in [2.75, 3.05) is 6.54 Å². The number of benzene rings is 1. The topological polar surface area (TPSA) is 63.7 Å². The number of esters is 1. The summed E-state index contributed by atoms with van der Waals surface area (Å²) in [6, 6.07) is 6.64. The van der Waals surface area contributed by atoms with Crippen LogP contribution in [0.4, 0.5) is 0 Å². The molecule has 3 atom stereocenters. The molecule has 134 valence electrons. The van der Waals surface area contributed by atoms with Gasteiger partial charge in [-0.25, -0.2) is 0 Å². The van der Waals surface area contributed by atoms with Crippen molar-refractivity contribution in [2.24, 2.45) is 17.8 Å². The van der Waals surface area contributed by atoms with Crippen LogP contribution in [-0.4, -0.2) is 35.3 Å². The molecule has 1 aromatic rings. The van der Waals surface area contributed by atoms with E-state index in [2.05, 4.69) is 20.8 Å².